The van der Waals surface area contributed by atoms with Gasteiger partial charge in [0.1, 0.15) is 11.4 Å². The van der Waals surface area contributed by atoms with E-state index in [1.54, 1.807) is 25.1 Å². The van der Waals surface area contributed by atoms with E-state index < -0.39 is 11.9 Å². The Balaban J connectivity index is 1.91. The van der Waals surface area contributed by atoms with E-state index in [1.165, 1.54) is 12.3 Å². The van der Waals surface area contributed by atoms with Gasteiger partial charge in [0.05, 0.1) is 12.2 Å². The highest BCUT2D eigenvalue weighted by Crippen LogP contribution is 2.21. The molecule has 0 fully saturated rings. The summed E-state index contributed by atoms with van der Waals surface area (Å²) in [4.78, 5) is 32.1. The van der Waals surface area contributed by atoms with E-state index in [0.29, 0.717) is 18.2 Å². The van der Waals surface area contributed by atoms with E-state index in [9.17, 15) is 9.59 Å². The quantitative estimate of drug-likeness (QED) is 0.606. The number of hydrogen-bond acceptors (Lipinski definition) is 6. The summed E-state index contributed by atoms with van der Waals surface area (Å²) in [6.07, 6.45) is 1.43. The molecule has 0 aliphatic heterocycles. The molecule has 0 atom stereocenters. The number of carboxylic acid groups (broad SMARTS) is 1. The number of carbonyl (C=O) groups excluding carboxylic acids is 1. The van der Waals surface area contributed by atoms with Crippen LogP contribution in [0.25, 0.3) is 11.4 Å². The summed E-state index contributed by atoms with van der Waals surface area (Å²) in [6.45, 7) is 2.25. The van der Waals surface area contributed by atoms with Crippen LogP contribution in [0, 0.1) is 0 Å². The normalized spacial score (nSPS) is 10.3. The van der Waals surface area contributed by atoms with Gasteiger partial charge < -0.3 is 15.2 Å². The fraction of sp³-hybridized carbons (Fsp3) is 0.143. The van der Waals surface area contributed by atoms with Gasteiger partial charge >= 0.3 is 11.9 Å². The molecule has 0 amide bonds. The van der Waals surface area contributed by atoms with Crippen LogP contribution in [0.1, 0.15) is 33.2 Å². The van der Waals surface area contributed by atoms with Crippen molar-refractivity contribution in [1.29, 1.82) is 0 Å². The Morgan fingerprint density at radius 3 is 2.61 bits per heavy atom. The molecule has 7 heteroatoms. The second-order valence-corrected chi connectivity index (χ2v) is 5.90. The molecule has 7 nitrogen and oxygen atoms in total. The van der Waals surface area contributed by atoms with Gasteiger partial charge in [0.25, 0.3) is 0 Å². The van der Waals surface area contributed by atoms with Crippen molar-refractivity contribution in [3.05, 3.63) is 77.5 Å². The van der Waals surface area contributed by atoms with Crippen molar-refractivity contribution >= 4 is 17.8 Å². The topological polar surface area (TPSA) is 101 Å². The van der Waals surface area contributed by atoms with Crippen molar-refractivity contribution in [2.75, 3.05) is 11.9 Å². The first kappa shape index (κ1) is 19.0. The number of nitrogens with one attached hydrogen (secondary N) is 1. The molecule has 142 valence electrons. The molecule has 1 heterocycles. The molecule has 2 aromatic carbocycles. The second kappa shape index (κ2) is 8.77. The van der Waals surface area contributed by atoms with Crippen LogP contribution in [0.2, 0.25) is 0 Å². The Morgan fingerprint density at radius 1 is 1.11 bits per heavy atom. The van der Waals surface area contributed by atoms with Crippen LogP contribution in [-0.4, -0.2) is 33.6 Å². The number of ether oxygens (including phenoxy) is 1. The summed E-state index contributed by atoms with van der Waals surface area (Å²) in [5.41, 5.74) is 1.97. The maximum Gasteiger partial charge on any atom is 0.343 e. The molecule has 1 aromatic heterocycles. The number of nitrogens with zero attached hydrogens (tertiary/aromatic N) is 2. The fourth-order valence-electron chi connectivity index (χ4n) is 2.60. The average Bonchev–Trinajstić information content (AvgIpc) is 2.73. The van der Waals surface area contributed by atoms with Crippen molar-refractivity contribution in [3.63, 3.8) is 0 Å². The molecule has 0 bridgehead atoms. The van der Waals surface area contributed by atoms with Crippen LogP contribution in [0.3, 0.4) is 0 Å². The summed E-state index contributed by atoms with van der Waals surface area (Å²) in [5, 5.41) is 12.2. The number of carboxylic acids is 1. The van der Waals surface area contributed by atoms with Crippen molar-refractivity contribution in [1.82, 2.24) is 9.97 Å². The van der Waals surface area contributed by atoms with E-state index in [4.69, 9.17) is 9.84 Å². The lowest BCUT2D eigenvalue weighted by molar-refractivity contribution is 0.0526. The first-order valence-corrected chi connectivity index (χ1v) is 8.74. The monoisotopic (exact) mass is 377 g/mol. The van der Waals surface area contributed by atoms with Gasteiger partial charge in [0.15, 0.2) is 5.82 Å². The van der Waals surface area contributed by atoms with Crippen LogP contribution >= 0.6 is 0 Å². The minimum atomic E-state index is -0.998. The predicted octanol–water partition coefficient (Wildman–Crippen LogP) is 3.63. The van der Waals surface area contributed by atoms with Crippen LogP contribution in [-0.2, 0) is 11.3 Å². The minimum absolute atomic E-state index is 0.192. The highest BCUT2D eigenvalue weighted by molar-refractivity contribution is 5.94. The van der Waals surface area contributed by atoms with Gasteiger partial charge in [0.2, 0.25) is 0 Å². The van der Waals surface area contributed by atoms with E-state index >= 15 is 0 Å². The molecule has 28 heavy (non-hydrogen) atoms. The number of aromatic nitrogens is 2. The van der Waals surface area contributed by atoms with Gasteiger partial charge in [-0.15, -0.1) is 0 Å². The van der Waals surface area contributed by atoms with Gasteiger partial charge in [-0.3, -0.25) is 0 Å². The van der Waals surface area contributed by atoms with Crippen molar-refractivity contribution < 1.29 is 19.4 Å². The maximum absolute atomic E-state index is 12.2. The van der Waals surface area contributed by atoms with E-state index in [-0.39, 0.29) is 17.7 Å². The first-order chi connectivity index (χ1) is 13.6. The first-order valence-electron chi connectivity index (χ1n) is 8.74. The Labute approximate surface area is 162 Å². The van der Waals surface area contributed by atoms with E-state index in [1.807, 2.05) is 30.3 Å². The molecule has 0 unspecified atom stereocenters. The Hall–Kier alpha value is -3.74. The Kier molecular flexibility index (Phi) is 5.96. The highest BCUT2D eigenvalue weighted by Gasteiger charge is 2.16. The number of aromatic carboxylic acids is 1. The molecule has 0 aliphatic rings. The maximum atomic E-state index is 12.2. The highest BCUT2D eigenvalue weighted by atomic mass is 16.5. The van der Waals surface area contributed by atoms with Crippen LogP contribution in [0.5, 0.6) is 0 Å². The number of esters is 1. The second-order valence-electron chi connectivity index (χ2n) is 5.90. The largest absolute Gasteiger partial charge is 0.478 e. The van der Waals surface area contributed by atoms with Crippen molar-refractivity contribution in [2.45, 2.75) is 13.5 Å². The van der Waals surface area contributed by atoms with Crippen molar-refractivity contribution in [3.8, 4) is 11.4 Å². The van der Waals surface area contributed by atoms with Gasteiger partial charge in [-0.25, -0.2) is 19.6 Å². The van der Waals surface area contributed by atoms with Gasteiger partial charge in [-0.1, -0.05) is 42.5 Å². The smallest absolute Gasteiger partial charge is 0.343 e. The van der Waals surface area contributed by atoms with Gasteiger partial charge in [0, 0.05) is 18.3 Å². The molecule has 0 aliphatic carbocycles. The third-order valence-corrected chi connectivity index (χ3v) is 3.95. The number of carbonyl (C=O) groups is 2. The van der Waals surface area contributed by atoms with Crippen LogP contribution in [0.15, 0.2) is 60.8 Å². The van der Waals surface area contributed by atoms with E-state index in [2.05, 4.69) is 15.3 Å². The molecule has 3 aromatic rings. The zero-order chi connectivity index (χ0) is 19.9. The third-order valence-electron chi connectivity index (χ3n) is 3.95. The third kappa shape index (κ3) is 4.50. The lowest BCUT2D eigenvalue weighted by Crippen LogP contribution is -2.13. The zero-order valence-corrected chi connectivity index (χ0v) is 15.3. The molecule has 0 saturated heterocycles. The number of hydrogen-bond donors (Lipinski definition) is 2. The zero-order valence-electron chi connectivity index (χ0n) is 15.3. The summed E-state index contributed by atoms with van der Waals surface area (Å²) < 4.78 is 5.08. The summed E-state index contributed by atoms with van der Waals surface area (Å²) in [6, 6.07) is 16.0. The molecular formula is C21H19N3O4. The molecule has 3 rings (SSSR count). The van der Waals surface area contributed by atoms with Gasteiger partial charge in [-0.05, 0) is 24.6 Å². The number of anilines is 1. The van der Waals surface area contributed by atoms with Crippen LogP contribution in [0.4, 0.5) is 5.82 Å². The Morgan fingerprint density at radius 2 is 1.89 bits per heavy atom. The molecule has 0 radical (unpaired) electrons. The van der Waals surface area contributed by atoms with Crippen LogP contribution < -0.4 is 5.32 Å². The number of rotatable bonds is 7. The summed E-state index contributed by atoms with van der Waals surface area (Å²) in [7, 11) is 0. The predicted molar refractivity (Wildman–Crippen MR) is 104 cm³/mol. The number of benzene rings is 2. The minimum Gasteiger partial charge on any atom is -0.478 e. The molecule has 0 spiro atoms. The molecule has 0 saturated carbocycles. The average molecular weight is 377 g/mol. The Bertz CT molecular complexity index is 990. The van der Waals surface area contributed by atoms with E-state index in [0.717, 1.165) is 11.1 Å². The van der Waals surface area contributed by atoms with Crippen molar-refractivity contribution in [2.24, 2.45) is 0 Å². The standard InChI is InChI=1S/C21H19N3O4/c1-2-28-21(27)17-13-23-18(15-8-4-3-5-9-15)24-19(17)22-12-14-7-6-10-16(11-14)20(25)26/h3-11,13H,2,12H2,1H3,(H,25,26)(H,22,23,24). The lowest BCUT2D eigenvalue weighted by Gasteiger charge is -2.12. The summed E-state index contributed by atoms with van der Waals surface area (Å²) >= 11 is 0. The molecule has 2 N–H and O–H groups in total. The lowest BCUT2D eigenvalue weighted by atomic mass is 10.1. The molecular weight excluding hydrogens is 358 g/mol. The van der Waals surface area contributed by atoms with Gasteiger partial charge in [-0.2, -0.15) is 0 Å². The SMILES string of the molecule is CCOC(=O)c1cnc(-c2ccccc2)nc1NCc1cccc(C(=O)O)c1. The summed E-state index contributed by atoms with van der Waals surface area (Å²) in [5.74, 6) is -0.727. The fourth-order valence-corrected chi connectivity index (χ4v) is 2.60.